The fraction of sp³-hybridized carbons (Fsp3) is 0.208. The number of anilines is 2. The van der Waals surface area contributed by atoms with Gasteiger partial charge in [-0.2, -0.15) is 0 Å². The molecule has 1 amide bonds. The number of nitrogens with zero attached hydrogens (tertiary/aromatic N) is 1. The van der Waals surface area contributed by atoms with Crippen molar-refractivity contribution in [2.45, 2.75) is 20.0 Å². The molecule has 1 N–H and O–H groups in total. The molecule has 0 fully saturated rings. The molecular formula is C24H26N2O5S. The van der Waals surface area contributed by atoms with Crippen LogP contribution in [0, 0.1) is 0 Å². The zero-order valence-corrected chi connectivity index (χ0v) is 19.0. The molecule has 0 saturated carbocycles. The van der Waals surface area contributed by atoms with Crippen molar-refractivity contribution in [1.29, 1.82) is 0 Å². The molecular weight excluding hydrogens is 428 g/mol. The summed E-state index contributed by atoms with van der Waals surface area (Å²) in [4.78, 5) is 12.8. The van der Waals surface area contributed by atoms with Gasteiger partial charge in [0.05, 0.1) is 23.7 Å². The first-order chi connectivity index (χ1) is 15.2. The van der Waals surface area contributed by atoms with Crippen LogP contribution in [0.3, 0.4) is 0 Å². The van der Waals surface area contributed by atoms with Gasteiger partial charge in [-0.1, -0.05) is 30.3 Å². The van der Waals surface area contributed by atoms with Crippen LogP contribution in [0.1, 0.15) is 13.8 Å². The van der Waals surface area contributed by atoms with Crippen molar-refractivity contribution >= 4 is 27.3 Å². The zero-order valence-electron chi connectivity index (χ0n) is 18.2. The SMILES string of the molecule is CC(C)Oc1ccc(N(CC(=O)Nc2ccccc2Oc2ccccc2)S(C)(=O)=O)cc1. The van der Waals surface area contributed by atoms with E-state index in [2.05, 4.69) is 5.32 Å². The smallest absolute Gasteiger partial charge is 0.245 e. The molecule has 0 radical (unpaired) electrons. The third kappa shape index (κ3) is 6.49. The van der Waals surface area contributed by atoms with Gasteiger partial charge in [0, 0.05) is 0 Å². The molecule has 0 aliphatic heterocycles. The maximum absolute atomic E-state index is 12.8. The summed E-state index contributed by atoms with van der Waals surface area (Å²) in [6.45, 7) is 3.42. The Morgan fingerprint density at radius 2 is 1.53 bits per heavy atom. The maximum atomic E-state index is 12.8. The fourth-order valence-corrected chi connectivity index (χ4v) is 3.81. The highest BCUT2D eigenvalue weighted by Gasteiger charge is 2.21. The minimum atomic E-state index is -3.70. The van der Waals surface area contributed by atoms with Crippen LogP contribution in [-0.4, -0.2) is 33.2 Å². The van der Waals surface area contributed by atoms with Gasteiger partial charge in [0.1, 0.15) is 18.0 Å². The lowest BCUT2D eigenvalue weighted by Gasteiger charge is -2.22. The van der Waals surface area contributed by atoms with E-state index in [1.54, 1.807) is 60.7 Å². The summed E-state index contributed by atoms with van der Waals surface area (Å²) in [7, 11) is -3.70. The summed E-state index contributed by atoms with van der Waals surface area (Å²) < 4.78 is 37.3. The molecule has 3 rings (SSSR count). The number of para-hydroxylation sites is 3. The van der Waals surface area contributed by atoms with Crippen molar-refractivity contribution in [3.63, 3.8) is 0 Å². The summed E-state index contributed by atoms with van der Waals surface area (Å²) in [6.07, 6.45) is 1.06. The molecule has 0 bridgehead atoms. The topological polar surface area (TPSA) is 84.9 Å². The van der Waals surface area contributed by atoms with E-state index >= 15 is 0 Å². The minimum absolute atomic E-state index is 0.00388. The van der Waals surface area contributed by atoms with Gasteiger partial charge in [-0.15, -0.1) is 0 Å². The lowest BCUT2D eigenvalue weighted by atomic mass is 10.2. The Hall–Kier alpha value is -3.52. The Morgan fingerprint density at radius 1 is 0.906 bits per heavy atom. The van der Waals surface area contributed by atoms with Crippen LogP contribution in [0.5, 0.6) is 17.2 Å². The standard InChI is InChI=1S/C24H26N2O5S/c1-18(2)30-21-15-13-19(14-16-21)26(32(3,28)29)17-24(27)25-22-11-7-8-12-23(22)31-20-9-5-4-6-10-20/h4-16,18H,17H2,1-3H3,(H,25,27). The van der Waals surface area contributed by atoms with E-state index in [0.29, 0.717) is 28.6 Å². The van der Waals surface area contributed by atoms with Crippen LogP contribution >= 0.6 is 0 Å². The Bertz CT molecular complexity index is 1150. The van der Waals surface area contributed by atoms with Crippen LogP contribution in [0.2, 0.25) is 0 Å². The predicted molar refractivity (Wildman–Crippen MR) is 126 cm³/mol. The van der Waals surface area contributed by atoms with Crippen LogP contribution in [0.25, 0.3) is 0 Å². The number of sulfonamides is 1. The van der Waals surface area contributed by atoms with Gasteiger partial charge in [0.15, 0.2) is 5.75 Å². The number of rotatable bonds is 9. The van der Waals surface area contributed by atoms with E-state index in [-0.39, 0.29) is 12.6 Å². The summed E-state index contributed by atoms with van der Waals surface area (Å²) in [5.41, 5.74) is 0.808. The normalized spacial score (nSPS) is 11.1. The molecule has 0 atom stereocenters. The molecule has 0 spiro atoms. The Kier molecular flexibility index (Phi) is 7.37. The molecule has 0 aliphatic rings. The number of amides is 1. The van der Waals surface area contributed by atoms with Gasteiger partial charge in [0.2, 0.25) is 15.9 Å². The lowest BCUT2D eigenvalue weighted by Crippen LogP contribution is -2.37. The fourth-order valence-electron chi connectivity index (χ4n) is 2.96. The van der Waals surface area contributed by atoms with Crippen molar-refractivity contribution < 1.29 is 22.7 Å². The average Bonchev–Trinajstić information content (AvgIpc) is 2.74. The number of hydrogen-bond acceptors (Lipinski definition) is 5. The Morgan fingerprint density at radius 3 is 2.16 bits per heavy atom. The van der Waals surface area contributed by atoms with Crippen LogP contribution in [-0.2, 0) is 14.8 Å². The number of nitrogens with one attached hydrogen (secondary N) is 1. The molecule has 3 aromatic carbocycles. The molecule has 0 aromatic heterocycles. The summed E-state index contributed by atoms with van der Waals surface area (Å²) >= 11 is 0. The van der Waals surface area contributed by atoms with Gasteiger partial charge < -0.3 is 14.8 Å². The number of hydrogen-bond donors (Lipinski definition) is 1. The number of carbonyl (C=O) groups excluding carboxylic acids is 1. The summed E-state index contributed by atoms with van der Waals surface area (Å²) in [5.74, 6) is 1.19. The first-order valence-corrected chi connectivity index (χ1v) is 11.9. The van der Waals surface area contributed by atoms with E-state index in [9.17, 15) is 13.2 Å². The average molecular weight is 455 g/mol. The van der Waals surface area contributed by atoms with Crippen molar-refractivity contribution in [2.24, 2.45) is 0 Å². The van der Waals surface area contributed by atoms with Crippen molar-refractivity contribution in [3.8, 4) is 17.2 Å². The molecule has 0 saturated heterocycles. The quantitative estimate of drug-likeness (QED) is 0.508. The van der Waals surface area contributed by atoms with E-state index in [1.165, 1.54) is 0 Å². The molecule has 0 aliphatic carbocycles. The van der Waals surface area contributed by atoms with Gasteiger partial charge in [0.25, 0.3) is 0 Å². The highest BCUT2D eigenvalue weighted by Crippen LogP contribution is 2.29. The van der Waals surface area contributed by atoms with Gasteiger partial charge in [-0.25, -0.2) is 8.42 Å². The van der Waals surface area contributed by atoms with Gasteiger partial charge in [-0.05, 0) is 62.4 Å². The monoisotopic (exact) mass is 454 g/mol. The highest BCUT2D eigenvalue weighted by molar-refractivity contribution is 7.92. The molecule has 0 unspecified atom stereocenters. The van der Waals surface area contributed by atoms with Crippen LogP contribution < -0.4 is 19.1 Å². The molecule has 32 heavy (non-hydrogen) atoms. The number of carbonyl (C=O) groups is 1. The first-order valence-electron chi connectivity index (χ1n) is 10.1. The van der Waals surface area contributed by atoms with E-state index < -0.39 is 15.9 Å². The van der Waals surface area contributed by atoms with Gasteiger partial charge >= 0.3 is 0 Å². The molecule has 7 nitrogen and oxygen atoms in total. The van der Waals surface area contributed by atoms with Crippen molar-refractivity contribution in [1.82, 2.24) is 0 Å². The molecule has 0 heterocycles. The second kappa shape index (κ2) is 10.2. The van der Waals surface area contributed by atoms with Crippen molar-refractivity contribution in [2.75, 3.05) is 22.4 Å². The zero-order chi connectivity index (χ0) is 23.1. The van der Waals surface area contributed by atoms with Crippen LogP contribution in [0.15, 0.2) is 78.9 Å². The molecule has 168 valence electrons. The lowest BCUT2D eigenvalue weighted by molar-refractivity contribution is -0.114. The minimum Gasteiger partial charge on any atom is -0.491 e. The van der Waals surface area contributed by atoms with Crippen LogP contribution in [0.4, 0.5) is 11.4 Å². The van der Waals surface area contributed by atoms with E-state index in [4.69, 9.17) is 9.47 Å². The maximum Gasteiger partial charge on any atom is 0.245 e. The third-order valence-corrected chi connectivity index (χ3v) is 5.46. The first kappa shape index (κ1) is 23.1. The number of benzene rings is 3. The Labute approximate surface area is 188 Å². The summed E-state index contributed by atoms with van der Waals surface area (Å²) in [5, 5.41) is 2.75. The largest absolute Gasteiger partial charge is 0.491 e. The molecule has 3 aromatic rings. The highest BCUT2D eigenvalue weighted by atomic mass is 32.2. The third-order valence-electron chi connectivity index (χ3n) is 4.32. The summed E-state index contributed by atoms with van der Waals surface area (Å²) in [6, 6.07) is 22.7. The predicted octanol–water partition coefficient (Wildman–Crippen LogP) is 4.67. The second-order valence-electron chi connectivity index (χ2n) is 7.39. The Balaban J connectivity index is 1.76. The van der Waals surface area contributed by atoms with E-state index in [1.807, 2.05) is 32.0 Å². The second-order valence-corrected chi connectivity index (χ2v) is 9.30. The van der Waals surface area contributed by atoms with Crippen molar-refractivity contribution in [3.05, 3.63) is 78.9 Å². The van der Waals surface area contributed by atoms with Gasteiger partial charge in [-0.3, -0.25) is 9.10 Å². The van der Waals surface area contributed by atoms with E-state index in [0.717, 1.165) is 10.6 Å². The molecule has 8 heteroatoms. The number of ether oxygens (including phenoxy) is 2.